The zero-order valence-corrected chi connectivity index (χ0v) is 13.4. The van der Waals surface area contributed by atoms with Crippen LogP contribution in [0.15, 0.2) is 36.5 Å². The monoisotopic (exact) mass is 328 g/mol. The summed E-state index contributed by atoms with van der Waals surface area (Å²) in [5.74, 6) is -1.63. The summed E-state index contributed by atoms with van der Waals surface area (Å²) in [5, 5.41) is 10.1. The topological polar surface area (TPSA) is 79.6 Å². The number of amides is 1. The highest BCUT2D eigenvalue weighted by Gasteiger charge is 2.28. The van der Waals surface area contributed by atoms with E-state index in [-0.39, 0.29) is 31.2 Å². The maximum Gasteiger partial charge on any atom is 0.308 e. The van der Waals surface area contributed by atoms with Gasteiger partial charge in [-0.25, -0.2) is 0 Å². The van der Waals surface area contributed by atoms with Gasteiger partial charge in [0.25, 0.3) is 0 Å². The van der Waals surface area contributed by atoms with Gasteiger partial charge in [-0.3, -0.25) is 19.0 Å². The highest BCUT2D eigenvalue weighted by molar-refractivity contribution is 5.94. The van der Waals surface area contributed by atoms with Crippen LogP contribution in [0.5, 0.6) is 0 Å². The van der Waals surface area contributed by atoms with Crippen LogP contribution in [0.2, 0.25) is 0 Å². The summed E-state index contributed by atoms with van der Waals surface area (Å²) in [6, 6.07) is 9.46. The number of carbonyl (C=O) groups is 3. The van der Waals surface area contributed by atoms with Crippen LogP contribution in [0.1, 0.15) is 30.5 Å². The molecule has 2 heterocycles. The van der Waals surface area contributed by atoms with Crippen molar-refractivity contribution in [2.75, 3.05) is 13.1 Å². The van der Waals surface area contributed by atoms with Crippen LogP contribution in [0.3, 0.4) is 0 Å². The van der Waals surface area contributed by atoms with Crippen molar-refractivity contribution < 1.29 is 19.5 Å². The predicted octanol–water partition coefficient (Wildman–Crippen LogP) is 2.38. The lowest BCUT2D eigenvalue weighted by molar-refractivity contribution is -0.145. The highest BCUT2D eigenvalue weighted by atomic mass is 16.4. The number of likely N-dealkylation sites (tertiary alicyclic amines) is 1. The van der Waals surface area contributed by atoms with E-state index in [0.29, 0.717) is 19.4 Å². The molecule has 24 heavy (non-hydrogen) atoms. The van der Waals surface area contributed by atoms with Crippen LogP contribution >= 0.6 is 0 Å². The largest absolute Gasteiger partial charge is 0.481 e. The minimum atomic E-state index is -0.859. The summed E-state index contributed by atoms with van der Waals surface area (Å²) < 4.78 is 1.57. The minimum Gasteiger partial charge on any atom is -0.481 e. The van der Waals surface area contributed by atoms with E-state index in [4.69, 9.17) is 5.11 Å². The first-order valence-electron chi connectivity index (χ1n) is 8.16. The molecule has 0 saturated carbocycles. The smallest absolute Gasteiger partial charge is 0.308 e. The Hall–Kier alpha value is -2.63. The maximum absolute atomic E-state index is 12.4. The molecule has 1 saturated heterocycles. The SMILES string of the molecule is O=C(O)C1CCCN(C(=O)CCC(=O)n2ccc3ccccc32)C1. The molecule has 1 unspecified atom stereocenters. The molecule has 1 aromatic carbocycles. The number of para-hydroxylation sites is 1. The number of piperidine rings is 1. The van der Waals surface area contributed by atoms with Crippen LogP contribution in [-0.2, 0) is 9.59 Å². The Kier molecular flexibility index (Phi) is 4.64. The van der Waals surface area contributed by atoms with Crippen LogP contribution in [-0.4, -0.2) is 45.4 Å². The standard InChI is InChI=1S/C18H20N2O4/c21-16(19-10-3-5-14(12-19)18(23)24)7-8-17(22)20-11-9-13-4-1-2-6-15(13)20/h1-2,4,6,9,11,14H,3,5,7-8,10,12H2,(H,23,24). The van der Waals surface area contributed by atoms with E-state index in [1.54, 1.807) is 15.7 Å². The number of hydrogen-bond donors (Lipinski definition) is 1. The quantitative estimate of drug-likeness (QED) is 0.934. The average molecular weight is 328 g/mol. The summed E-state index contributed by atoms with van der Waals surface area (Å²) in [6.07, 6.45) is 3.24. The Morgan fingerprint density at radius 2 is 1.83 bits per heavy atom. The third kappa shape index (κ3) is 3.32. The highest BCUT2D eigenvalue weighted by Crippen LogP contribution is 2.19. The molecule has 0 bridgehead atoms. The Labute approximate surface area is 139 Å². The molecule has 0 radical (unpaired) electrons. The van der Waals surface area contributed by atoms with Crippen molar-refractivity contribution in [1.29, 1.82) is 0 Å². The van der Waals surface area contributed by atoms with E-state index in [0.717, 1.165) is 10.9 Å². The van der Waals surface area contributed by atoms with E-state index in [9.17, 15) is 14.4 Å². The third-order valence-electron chi connectivity index (χ3n) is 4.54. The van der Waals surface area contributed by atoms with E-state index in [1.807, 2.05) is 30.3 Å². The molecule has 1 atom stereocenters. The van der Waals surface area contributed by atoms with E-state index in [1.165, 1.54) is 0 Å². The van der Waals surface area contributed by atoms with Gasteiger partial charge >= 0.3 is 5.97 Å². The van der Waals surface area contributed by atoms with Crippen molar-refractivity contribution in [2.24, 2.45) is 5.92 Å². The average Bonchev–Trinajstić information content (AvgIpc) is 3.03. The molecule has 3 rings (SSSR count). The number of carboxylic acid groups (broad SMARTS) is 1. The molecule has 1 fully saturated rings. The fourth-order valence-corrected chi connectivity index (χ4v) is 3.20. The fourth-order valence-electron chi connectivity index (χ4n) is 3.20. The molecule has 1 N–H and O–H groups in total. The molecule has 1 aliphatic rings. The molecule has 126 valence electrons. The summed E-state index contributed by atoms with van der Waals surface area (Å²) in [5.41, 5.74) is 0.832. The Balaban J connectivity index is 1.60. The summed E-state index contributed by atoms with van der Waals surface area (Å²) >= 11 is 0. The number of benzene rings is 1. The van der Waals surface area contributed by atoms with E-state index in [2.05, 4.69) is 0 Å². The van der Waals surface area contributed by atoms with Gasteiger partial charge in [0.2, 0.25) is 11.8 Å². The number of aromatic nitrogens is 1. The van der Waals surface area contributed by atoms with Crippen LogP contribution in [0, 0.1) is 5.92 Å². The van der Waals surface area contributed by atoms with Gasteiger partial charge < -0.3 is 10.0 Å². The predicted molar refractivity (Wildman–Crippen MR) is 88.7 cm³/mol. The van der Waals surface area contributed by atoms with E-state index >= 15 is 0 Å². The van der Waals surface area contributed by atoms with Gasteiger partial charge in [-0.1, -0.05) is 18.2 Å². The number of rotatable bonds is 4. The molecule has 0 spiro atoms. The molecule has 2 aromatic rings. The van der Waals surface area contributed by atoms with Gasteiger partial charge in [0.15, 0.2) is 0 Å². The van der Waals surface area contributed by atoms with Crippen molar-refractivity contribution in [2.45, 2.75) is 25.7 Å². The van der Waals surface area contributed by atoms with Crippen molar-refractivity contribution in [3.8, 4) is 0 Å². The normalized spacial score (nSPS) is 17.8. The second-order valence-electron chi connectivity index (χ2n) is 6.16. The van der Waals surface area contributed by atoms with Crippen molar-refractivity contribution >= 4 is 28.7 Å². The first kappa shape index (κ1) is 16.2. The lowest BCUT2D eigenvalue weighted by Crippen LogP contribution is -2.42. The number of hydrogen-bond acceptors (Lipinski definition) is 3. The zero-order valence-electron chi connectivity index (χ0n) is 13.4. The van der Waals surface area contributed by atoms with Crippen molar-refractivity contribution in [1.82, 2.24) is 9.47 Å². The first-order chi connectivity index (χ1) is 11.6. The second kappa shape index (κ2) is 6.86. The molecular weight excluding hydrogens is 308 g/mol. The number of fused-ring (bicyclic) bond motifs is 1. The van der Waals surface area contributed by atoms with Crippen LogP contribution < -0.4 is 0 Å². The molecular formula is C18H20N2O4. The second-order valence-corrected chi connectivity index (χ2v) is 6.16. The summed E-state index contributed by atoms with van der Waals surface area (Å²) in [4.78, 5) is 37.3. The van der Waals surface area contributed by atoms with Gasteiger partial charge in [-0.05, 0) is 25.0 Å². The molecule has 1 amide bonds. The molecule has 1 aliphatic heterocycles. The van der Waals surface area contributed by atoms with Gasteiger partial charge in [-0.2, -0.15) is 0 Å². The van der Waals surface area contributed by atoms with Gasteiger partial charge in [0, 0.05) is 37.5 Å². The Morgan fingerprint density at radius 1 is 1.08 bits per heavy atom. The van der Waals surface area contributed by atoms with E-state index < -0.39 is 11.9 Å². The molecule has 6 nitrogen and oxygen atoms in total. The van der Waals surface area contributed by atoms with Crippen molar-refractivity contribution in [3.05, 3.63) is 36.5 Å². The zero-order chi connectivity index (χ0) is 17.1. The number of aliphatic carboxylic acids is 1. The maximum atomic E-state index is 12.4. The summed E-state index contributed by atoms with van der Waals surface area (Å²) in [6.45, 7) is 0.818. The number of carbonyl (C=O) groups excluding carboxylic acids is 2. The Morgan fingerprint density at radius 3 is 2.62 bits per heavy atom. The molecule has 1 aromatic heterocycles. The van der Waals surface area contributed by atoms with Gasteiger partial charge in [-0.15, -0.1) is 0 Å². The molecule has 0 aliphatic carbocycles. The van der Waals surface area contributed by atoms with Gasteiger partial charge in [0.05, 0.1) is 11.4 Å². The Bertz CT molecular complexity index is 780. The number of carboxylic acids is 1. The first-order valence-corrected chi connectivity index (χ1v) is 8.16. The van der Waals surface area contributed by atoms with Crippen molar-refractivity contribution in [3.63, 3.8) is 0 Å². The van der Waals surface area contributed by atoms with Crippen LogP contribution in [0.4, 0.5) is 0 Å². The minimum absolute atomic E-state index is 0.109. The van der Waals surface area contributed by atoms with Crippen LogP contribution in [0.25, 0.3) is 10.9 Å². The number of nitrogens with zero attached hydrogens (tertiary/aromatic N) is 2. The fraction of sp³-hybridized carbons (Fsp3) is 0.389. The lowest BCUT2D eigenvalue weighted by atomic mass is 9.98. The lowest BCUT2D eigenvalue weighted by Gasteiger charge is -2.30. The summed E-state index contributed by atoms with van der Waals surface area (Å²) in [7, 11) is 0. The third-order valence-corrected chi connectivity index (χ3v) is 4.54. The molecule has 6 heteroatoms. The van der Waals surface area contributed by atoms with Gasteiger partial charge in [0.1, 0.15) is 0 Å².